The third kappa shape index (κ3) is 10.3. The fraction of sp³-hybridized carbons (Fsp3) is 0.667. The second-order valence-electron chi connectivity index (χ2n) is 11.9. The molecule has 0 N–H and O–H groups in total. The van der Waals surface area contributed by atoms with Gasteiger partial charge in [0.15, 0.2) is 17.3 Å². The van der Waals surface area contributed by atoms with Gasteiger partial charge in [0.1, 0.15) is 0 Å². The molecule has 0 saturated carbocycles. The lowest BCUT2D eigenvalue weighted by Crippen LogP contribution is -2.20. The minimum atomic E-state index is 0.204. The molecule has 0 saturated heterocycles. The van der Waals surface area contributed by atoms with Gasteiger partial charge < -0.3 is 0 Å². The number of hydrogen-bond donors (Lipinski definition) is 0. The number of allylic oxidation sites excluding steroid dienone is 6. The van der Waals surface area contributed by atoms with E-state index in [0.29, 0.717) is 19.3 Å². The summed E-state index contributed by atoms with van der Waals surface area (Å²) in [6.45, 7) is 18.9. The lowest BCUT2D eigenvalue weighted by atomic mass is 9.77. The highest BCUT2D eigenvalue weighted by Gasteiger charge is 2.26. The topological polar surface area (TPSA) is 51.2 Å². The molecule has 0 aromatic heterocycles. The molecule has 0 amide bonds. The summed E-state index contributed by atoms with van der Waals surface area (Å²) in [7, 11) is 0. The molecule has 3 aliphatic rings. The molecule has 3 aliphatic carbocycles. The van der Waals surface area contributed by atoms with Gasteiger partial charge in [-0.15, -0.1) is 0 Å². The van der Waals surface area contributed by atoms with E-state index in [0.717, 1.165) is 19.3 Å². The average Bonchev–Trinajstić information content (AvgIpc) is 2.39. The maximum atomic E-state index is 11.0. The summed E-state index contributed by atoms with van der Waals surface area (Å²) in [5.74, 6) is 0.858. The molecule has 0 aliphatic heterocycles. The molecule has 3 rings (SSSR count). The fourth-order valence-corrected chi connectivity index (χ4v) is 5.00. The molecule has 0 aromatic rings. The summed E-state index contributed by atoms with van der Waals surface area (Å²) in [6.07, 6.45) is 10.6. The van der Waals surface area contributed by atoms with Crippen molar-refractivity contribution >= 4 is 17.3 Å². The number of rotatable bonds is 0. The number of carbonyl (C=O) groups is 3. The second kappa shape index (κ2) is 10.0. The molecule has 0 spiro atoms. The monoisotopic (exact) mass is 414 g/mol. The van der Waals surface area contributed by atoms with E-state index in [4.69, 9.17) is 0 Å². The van der Waals surface area contributed by atoms with Crippen molar-refractivity contribution < 1.29 is 14.4 Å². The van der Waals surface area contributed by atoms with Gasteiger partial charge in [-0.2, -0.15) is 0 Å². The van der Waals surface area contributed by atoms with Gasteiger partial charge >= 0.3 is 0 Å². The zero-order chi connectivity index (χ0) is 23.3. The molecule has 0 radical (unpaired) electrons. The predicted molar refractivity (Wildman–Crippen MR) is 125 cm³/mol. The van der Waals surface area contributed by atoms with Crippen LogP contribution in [-0.2, 0) is 14.4 Å². The van der Waals surface area contributed by atoms with Gasteiger partial charge in [0.05, 0.1) is 0 Å². The minimum Gasteiger partial charge on any atom is -0.295 e. The van der Waals surface area contributed by atoms with Crippen LogP contribution in [0.1, 0.15) is 101 Å². The van der Waals surface area contributed by atoms with Gasteiger partial charge in [-0.05, 0) is 74.5 Å². The Hall–Kier alpha value is -1.77. The minimum absolute atomic E-state index is 0.204. The van der Waals surface area contributed by atoms with Crippen LogP contribution < -0.4 is 0 Å². The zero-order valence-electron chi connectivity index (χ0n) is 20.7. The largest absolute Gasteiger partial charge is 0.295 e. The quantitative estimate of drug-likeness (QED) is 0.430. The smallest absolute Gasteiger partial charge is 0.156 e. The Morgan fingerprint density at radius 2 is 0.667 bits per heavy atom. The summed E-state index contributed by atoms with van der Waals surface area (Å²) in [4.78, 5) is 33.0. The van der Waals surface area contributed by atoms with Crippen molar-refractivity contribution in [2.75, 3.05) is 0 Å². The predicted octanol–water partition coefficient (Wildman–Crippen LogP) is 6.97. The van der Waals surface area contributed by atoms with E-state index in [1.807, 2.05) is 20.8 Å². The third-order valence-corrected chi connectivity index (χ3v) is 5.45. The van der Waals surface area contributed by atoms with E-state index >= 15 is 0 Å². The number of ketones is 3. The molecule has 0 fully saturated rings. The molecule has 0 heterocycles. The molecular formula is C27H42O3. The van der Waals surface area contributed by atoms with E-state index in [9.17, 15) is 14.4 Å². The van der Waals surface area contributed by atoms with Crippen LogP contribution in [0.15, 0.2) is 34.9 Å². The van der Waals surface area contributed by atoms with Gasteiger partial charge in [0.2, 0.25) is 0 Å². The zero-order valence-corrected chi connectivity index (χ0v) is 20.7. The Kier molecular flexibility index (Phi) is 8.78. The molecule has 168 valence electrons. The van der Waals surface area contributed by atoms with Crippen molar-refractivity contribution in [3.8, 4) is 0 Å². The molecule has 0 atom stereocenters. The highest BCUT2D eigenvalue weighted by Crippen LogP contribution is 2.34. The molecule has 0 bridgehead atoms. The molecule has 3 heteroatoms. The first kappa shape index (κ1) is 26.3. The van der Waals surface area contributed by atoms with Crippen molar-refractivity contribution in [3.63, 3.8) is 0 Å². The SMILES string of the molecule is CC1=CC(=O)CC(C)(C)C1.CC1=CC(=O)CC(C)(C)C1.CC1=CC(=O)CC(C)(C)C1. The van der Waals surface area contributed by atoms with Gasteiger partial charge in [0, 0.05) is 19.3 Å². The summed E-state index contributed by atoms with van der Waals surface area (Å²) < 4.78 is 0. The summed E-state index contributed by atoms with van der Waals surface area (Å²) >= 11 is 0. The van der Waals surface area contributed by atoms with Crippen molar-refractivity contribution in [2.24, 2.45) is 16.2 Å². The maximum Gasteiger partial charge on any atom is 0.156 e. The highest BCUT2D eigenvalue weighted by molar-refractivity contribution is 5.92. The normalized spacial score (nSPS) is 24.3. The molecule has 0 unspecified atom stereocenters. The van der Waals surface area contributed by atoms with E-state index in [1.54, 1.807) is 18.2 Å². The van der Waals surface area contributed by atoms with Crippen LogP contribution >= 0.6 is 0 Å². The summed E-state index contributed by atoms with van der Waals surface area (Å²) in [6, 6.07) is 0. The van der Waals surface area contributed by atoms with Gasteiger partial charge in [-0.3, -0.25) is 14.4 Å². The van der Waals surface area contributed by atoms with Crippen molar-refractivity contribution in [1.82, 2.24) is 0 Å². The van der Waals surface area contributed by atoms with E-state index in [1.165, 1.54) is 16.7 Å². The first-order valence-corrected chi connectivity index (χ1v) is 11.1. The number of carbonyl (C=O) groups excluding carboxylic acids is 3. The Morgan fingerprint density at radius 1 is 0.467 bits per heavy atom. The first-order valence-electron chi connectivity index (χ1n) is 11.1. The van der Waals surface area contributed by atoms with Gasteiger partial charge in [-0.1, -0.05) is 58.3 Å². The van der Waals surface area contributed by atoms with Crippen LogP contribution in [-0.4, -0.2) is 17.3 Å². The van der Waals surface area contributed by atoms with Crippen LogP contribution in [0.25, 0.3) is 0 Å². The van der Waals surface area contributed by atoms with E-state index in [2.05, 4.69) is 41.5 Å². The molecular weight excluding hydrogens is 372 g/mol. The Balaban J connectivity index is 0.000000225. The highest BCUT2D eigenvalue weighted by atomic mass is 16.1. The van der Waals surface area contributed by atoms with Gasteiger partial charge in [0.25, 0.3) is 0 Å². The first-order chi connectivity index (χ1) is 13.5. The lowest BCUT2D eigenvalue weighted by molar-refractivity contribution is -0.117. The summed E-state index contributed by atoms with van der Waals surface area (Å²) in [5, 5.41) is 0. The summed E-state index contributed by atoms with van der Waals surface area (Å²) in [5.41, 5.74) is 4.28. The van der Waals surface area contributed by atoms with Crippen molar-refractivity contribution in [2.45, 2.75) is 101 Å². The van der Waals surface area contributed by atoms with Crippen molar-refractivity contribution in [1.29, 1.82) is 0 Å². The molecule has 3 nitrogen and oxygen atoms in total. The van der Waals surface area contributed by atoms with Crippen molar-refractivity contribution in [3.05, 3.63) is 34.9 Å². The third-order valence-electron chi connectivity index (χ3n) is 5.45. The maximum absolute atomic E-state index is 11.0. The average molecular weight is 415 g/mol. The molecule has 0 aromatic carbocycles. The molecule has 30 heavy (non-hydrogen) atoms. The van der Waals surface area contributed by atoms with E-state index < -0.39 is 0 Å². The van der Waals surface area contributed by atoms with Crippen LogP contribution in [0.5, 0.6) is 0 Å². The van der Waals surface area contributed by atoms with Crippen LogP contribution in [0.3, 0.4) is 0 Å². The number of hydrogen-bond acceptors (Lipinski definition) is 3. The fourth-order valence-electron chi connectivity index (χ4n) is 5.00. The standard InChI is InChI=1S/3C9H14O/c3*1-7-4-8(10)6-9(2,3)5-7/h3*4H,5-6H2,1-3H3. The van der Waals surface area contributed by atoms with Crippen LogP contribution in [0, 0.1) is 16.2 Å². The Morgan fingerprint density at radius 3 is 0.800 bits per heavy atom. The van der Waals surface area contributed by atoms with Crippen LogP contribution in [0.2, 0.25) is 0 Å². The van der Waals surface area contributed by atoms with Gasteiger partial charge in [-0.25, -0.2) is 0 Å². The van der Waals surface area contributed by atoms with Crippen LogP contribution in [0.4, 0.5) is 0 Å². The van der Waals surface area contributed by atoms with E-state index in [-0.39, 0.29) is 33.6 Å². The lowest BCUT2D eigenvalue weighted by Gasteiger charge is -2.27. The second-order valence-corrected chi connectivity index (χ2v) is 11.9. The Labute approximate surface area is 184 Å². The Bertz CT molecular complexity index is 665.